The summed E-state index contributed by atoms with van der Waals surface area (Å²) in [7, 11) is 3.16. The molecule has 0 saturated carbocycles. The van der Waals surface area contributed by atoms with Crippen molar-refractivity contribution in [2.75, 3.05) is 25.7 Å². The normalized spacial score (nSPS) is 15.2. The Morgan fingerprint density at radius 1 is 1.03 bits per heavy atom. The third-order valence-electron chi connectivity index (χ3n) is 5.70. The molecule has 1 unspecified atom stereocenters. The van der Waals surface area contributed by atoms with Gasteiger partial charge in [-0.15, -0.1) is 0 Å². The van der Waals surface area contributed by atoms with Crippen molar-refractivity contribution in [3.8, 4) is 17.2 Å². The van der Waals surface area contributed by atoms with E-state index in [4.69, 9.17) is 14.2 Å². The van der Waals surface area contributed by atoms with Gasteiger partial charge >= 0.3 is 0 Å². The summed E-state index contributed by atoms with van der Waals surface area (Å²) < 4.78 is 16.6. The van der Waals surface area contributed by atoms with Gasteiger partial charge in [0, 0.05) is 43.7 Å². The number of rotatable bonds is 9. The summed E-state index contributed by atoms with van der Waals surface area (Å²) in [5, 5.41) is 2.94. The van der Waals surface area contributed by atoms with Crippen molar-refractivity contribution >= 4 is 17.5 Å². The molecular weight excluding hydrogens is 434 g/mol. The molecule has 1 aliphatic rings. The van der Waals surface area contributed by atoms with Crippen LogP contribution in [0.3, 0.4) is 0 Å². The average Bonchev–Trinajstić information content (AvgIpc) is 3.28. The molecule has 34 heavy (non-hydrogen) atoms. The molecule has 1 fully saturated rings. The van der Waals surface area contributed by atoms with Gasteiger partial charge in [0.15, 0.2) is 11.5 Å². The molecular formula is C26H27N3O5. The number of amides is 2. The number of carbonyl (C=O) groups excluding carboxylic acids is 2. The van der Waals surface area contributed by atoms with E-state index in [0.29, 0.717) is 36.9 Å². The minimum Gasteiger partial charge on any atom is -0.497 e. The lowest BCUT2D eigenvalue weighted by molar-refractivity contribution is -0.126. The molecule has 0 radical (unpaired) electrons. The lowest BCUT2D eigenvalue weighted by Crippen LogP contribution is -2.32. The molecule has 1 atom stereocenters. The number of hydrogen-bond acceptors (Lipinski definition) is 6. The van der Waals surface area contributed by atoms with Crippen LogP contribution in [0.25, 0.3) is 0 Å². The van der Waals surface area contributed by atoms with E-state index in [-0.39, 0.29) is 18.2 Å². The predicted octanol–water partition coefficient (Wildman–Crippen LogP) is 3.35. The first-order valence-corrected chi connectivity index (χ1v) is 11.0. The molecule has 3 aromatic rings. The van der Waals surface area contributed by atoms with Crippen molar-refractivity contribution in [1.82, 2.24) is 10.3 Å². The maximum absolute atomic E-state index is 12.8. The van der Waals surface area contributed by atoms with Gasteiger partial charge in [0.05, 0.1) is 20.1 Å². The van der Waals surface area contributed by atoms with Gasteiger partial charge in [-0.05, 0) is 47.5 Å². The zero-order chi connectivity index (χ0) is 23.9. The number of methoxy groups -OCH3 is 2. The Labute approximate surface area is 198 Å². The van der Waals surface area contributed by atoms with Crippen molar-refractivity contribution in [3.05, 3.63) is 78.1 Å². The number of aromatic nitrogens is 1. The topological polar surface area (TPSA) is 90.0 Å². The summed E-state index contributed by atoms with van der Waals surface area (Å²) in [4.78, 5) is 30.9. The molecule has 176 valence electrons. The van der Waals surface area contributed by atoms with Gasteiger partial charge < -0.3 is 24.4 Å². The van der Waals surface area contributed by atoms with E-state index < -0.39 is 5.92 Å². The smallest absolute Gasteiger partial charge is 0.227 e. The average molecular weight is 462 g/mol. The summed E-state index contributed by atoms with van der Waals surface area (Å²) >= 11 is 0. The molecule has 0 bridgehead atoms. The molecule has 1 aliphatic heterocycles. The number of anilines is 1. The molecule has 2 amide bonds. The molecule has 2 aromatic carbocycles. The minimum atomic E-state index is -0.413. The number of carbonyl (C=O) groups is 2. The predicted molar refractivity (Wildman–Crippen MR) is 127 cm³/mol. The van der Waals surface area contributed by atoms with E-state index in [0.717, 1.165) is 16.8 Å². The van der Waals surface area contributed by atoms with Gasteiger partial charge in [-0.25, -0.2) is 0 Å². The maximum Gasteiger partial charge on any atom is 0.227 e. The van der Waals surface area contributed by atoms with Gasteiger partial charge in [0.1, 0.15) is 12.4 Å². The maximum atomic E-state index is 12.8. The second kappa shape index (κ2) is 10.7. The quantitative estimate of drug-likeness (QED) is 0.526. The summed E-state index contributed by atoms with van der Waals surface area (Å²) in [6, 6.07) is 16.6. The van der Waals surface area contributed by atoms with Crippen LogP contribution in [0.4, 0.5) is 5.69 Å². The monoisotopic (exact) mass is 461 g/mol. The third-order valence-corrected chi connectivity index (χ3v) is 5.70. The highest BCUT2D eigenvalue weighted by Gasteiger charge is 2.35. The molecule has 8 nitrogen and oxygen atoms in total. The standard InChI is InChI=1S/C26H27N3O5/c1-32-22-5-3-4-21(14-22)29-16-20(13-25(29)30)26(31)28-15-19-6-7-23(24(12-19)33-2)34-17-18-8-10-27-11-9-18/h3-12,14,20H,13,15-17H2,1-2H3,(H,28,31). The minimum absolute atomic E-state index is 0.0780. The fraction of sp³-hybridized carbons (Fsp3) is 0.269. The first kappa shape index (κ1) is 23.1. The van der Waals surface area contributed by atoms with Gasteiger partial charge in [0.25, 0.3) is 0 Å². The SMILES string of the molecule is COc1cccc(N2CC(C(=O)NCc3ccc(OCc4ccncc4)c(OC)c3)CC2=O)c1. The second-order valence-corrected chi connectivity index (χ2v) is 7.95. The van der Waals surface area contributed by atoms with Crippen LogP contribution in [0.15, 0.2) is 67.0 Å². The molecule has 8 heteroatoms. The van der Waals surface area contributed by atoms with Crippen molar-refractivity contribution < 1.29 is 23.8 Å². The number of hydrogen-bond donors (Lipinski definition) is 1. The van der Waals surface area contributed by atoms with Gasteiger partial charge in [-0.1, -0.05) is 12.1 Å². The lowest BCUT2D eigenvalue weighted by Gasteiger charge is -2.17. The van der Waals surface area contributed by atoms with Crippen LogP contribution in [0.1, 0.15) is 17.5 Å². The Hall–Kier alpha value is -4.07. The van der Waals surface area contributed by atoms with E-state index in [1.165, 1.54) is 0 Å². The fourth-order valence-electron chi connectivity index (χ4n) is 3.83. The van der Waals surface area contributed by atoms with Crippen LogP contribution in [-0.2, 0) is 22.7 Å². The molecule has 1 saturated heterocycles. The molecule has 0 spiro atoms. The van der Waals surface area contributed by atoms with Crippen molar-refractivity contribution in [1.29, 1.82) is 0 Å². The van der Waals surface area contributed by atoms with Crippen LogP contribution >= 0.6 is 0 Å². The largest absolute Gasteiger partial charge is 0.497 e. The third kappa shape index (κ3) is 5.46. The molecule has 4 rings (SSSR count). The van der Waals surface area contributed by atoms with Crippen molar-refractivity contribution in [2.24, 2.45) is 5.92 Å². The van der Waals surface area contributed by atoms with E-state index >= 15 is 0 Å². The highest BCUT2D eigenvalue weighted by atomic mass is 16.5. The highest BCUT2D eigenvalue weighted by Crippen LogP contribution is 2.30. The second-order valence-electron chi connectivity index (χ2n) is 7.95. The zero-order valence-corrected chi connectivity index (χ0v) is 19.2. The Morgan fingerprint density at radius 2 is 1.85 bits per heavy atom. The molecule has 2 heterocycles. The number of nitrogens with zero attached hydrogens (tertiary/aromatic N) is 2. The number of benzene rings is 2. The Bertz CT molecular complexity index is 1150. The summed E-state index contributed by atoms with van der Waals surface area (Å²) in [5.41, 5.74) is 2.60. The van der Waals surface area contributed by atoms with E-state index in [9.17, 15) is 9.59 Å². The van der Waals surface area contributed by atoms with E-state index in [2.05, 4.69) is 10.3 Å². The zero-order valence-electron chi connectivity index (χ0n) is 19.2. The molecule has 1 N–H and O–H groups in total. The van der Waals surface area contributed by atoms with E-state index in [1.807, 2.05) is 48.5 Å². The summed E-state index contributed by atoms with van der Waals surface area (Å²) in [5.74, 6) is 1.22. The first-order valence-electron chi connectivity index (χ1n) is 11.0. The van der Waals surface area contributed by atoms with Crippen LogP contribution in [0.5, 0.6) is 17.2 Å². The van der Waals surface area contributed by atoms with Crippen LogP contribution < -0.4 is 24.4 Å². The van der Waals surface area contributed by atoms with Gasteiger partial charge in [0.2, 0.25) is 11.8 Å². The Kier molecular flexibility index (Phi) is 7.27. The summed E-state index contributed by atoms with van der Waals surface area (Å²) in [6.07, 6.45) is 3.61. The summed E-state index contributed by atoms with van der Waals surface area (Å²) in [6.45, 7) is 1.06. The van der Waals surface area contributed by atoms with Crippen molar-refractivity contribution in [3.63, 3.8) is 0 Å². The van der Waals surface area contributed by atoms with Crippen LogP contribution in [0, 0.1) is 5.92 Å². The number of ether oxygens (including phenoxy) is 3. The Morgan fingerprint density at radius 3 is 2.62 bits per heavy atom. The first-order chi connectivity index (χ1) is 16.6. The number of pyridine rings is 1. The Balaban J connectivity index is 1.34. The van der Waals surface area contributed by atoms with Crippen LogP contribution in [-0.4, -0.2) is 37.6 Å². The molecule has 1 aromatic heterocycles. The fourth-order valence-corrected chi connectivity index (χ4v) is 3.83. The van der Waals surface area contributed by atoms with E-state index in [1.54, 1.807) is 37.6 Å². The van der Waals surface area contributed by atoms with Crippen molar-refractivity contribution in [2.45, 2.75) is 19.6 Å². The number of nitrogens with one attached hydrogen (secondary N) is 1. The highest BCUT2D eigenvalue weighted by molar-refractivity contribution is 6.00. The van der Waals surface area contributed by atoms with Gasteiger partial charge in [-0.2, -0.15) is 0 Å². The lowest BCUT2D eigenvalue weighted by atomic mass is 10.1. The van der Waals surface area contributed by atoms with Crippen LogP contribution in [0.2, 0.25) is 0 Å². The van der Waals surface area contributed by atoms with Gasteiger partial charge in [-0.3, -0.25) is 14.6 Å². The molecule has 0 aliphatic carbocycles.